The summed E-state index contributed by atoms with van der Waals surface area (Å²) in [5.41, 5.74) is 0.0310. The number of fused-ring (bicyclic) bond motifs is 2. The van der Waals surface area contributed by atoms with Gasteiger partial charge in [-0.25, -0.2) is 18.7 Å². The Morgan fingerprint density at radius 1 is 1.03 bits per heavy atom. The molecular weight excluding hydrogens is 460 g/mol. The van der Waals surface area contributed by atoms with E-state index in [9.17, 15) is 26.7 Å². The molecule has 1 aromatic heterocycles. The highest BCUT2D eigenvalue weighted by Gasteiger charge is 2.31. The molecule has 0 fully saturated rings. The Morgan fingerprint density at radius 3 is 2.40 bits per heavy atom. The first kappa shape index (κ1) is 20.5. The molecule has 4 N–H and O–H groups in total. The zero-order valence-corrected chi connectivity index (χ0v) is 16.9. The van der Waals surface area contributed by atoms with Crippen LogP contribution in [0.15, 0.2) is 51.2 Å². The zero-order valence-electron chi connectivity index (χ0n) is 14.4. The fraction of sp³-hybridized carbons (Fsp3) is 0. The average Bonchev–Trinajstić information content (AvgIpc) is 3.17. The smallest absolute Gasteiger partial charge is 0.294 e. The van der Waals surface area contributed by atoms with Crippen LogP contribution in [0.4, 0.5) is 5.69 Å². The fourth-order valence-corrected chi connectivity index (χ4v) is 4.94. The van der Waals surface area contributed by atoms with Crippen LogP contribution in [0.2, 0.25) is 0 Å². The molecule has 0 spiro atoms. The van der Waals surface area contributed by atoms with Crippen molar-refractivity contribution in [3.63, 3.8) is 0 Å². The first-order valence-electron chi connectivity index (χ1n) is 7.87. The highest BCUT2D eigenvalue weighted by molar-refractivity contribution is 8.70. The minimum atomic E-state index is -4.53. The van der Waals surface area contributed by atoms with Crippen LogP contribution in [-0.4, -0.2) is 48.2 Å². The molecule has 30 heavy (non-hydrogen) atoms. The van der Waals surface area contributed by atoms with Crippen molar-refractivity contribution in [1.29, 1.82) is 0 Å². The number of hydrogen-bond donors (Lipinski definition) is 4. The Bertz CT molecular complexity index is 1470. The molecule has 3 aromatic rings. The number of nitrogens with one attached hydrogen (secondary N) is 1. The Kier molecular flexibility index (Phi) is 4.72. The second-order valence-corrected chi connectivity index (χ2v) is 10.9. The number of benzene rings is 2. The lowest BCUT2D eigenvalue weighted by Gasteiger charge is -2.00. The van der Waals surface area contributed by atoms with Gasteiger partial charge < -0.3 is 10.1 Å². The van der Waals surface area contributed by atoms with Crippen LogP contribution in [0, 0.1) is 0 Å². The number of aromatic hydroxyl groups is 1. The van der Waals surface area contributed by atoms with Crippen molar-refractivity contribution in [2.75, 3.05) is 0 Å². The molecule has 0 saturated carbocycles. The summed E-state index contributed by atoms with van der Waals surface area (Å²) in [6, 6.07) is 6.95. The maximum absolute atomic E-state index is 12.7. The van der Waals surface area contributed by atoms with Crippen molar-refractivity contribution in [2.45, 2.75) is 9.79 Å². The van der Waals surface area contributed by atoms with E-state index in [0.29, 0.717) is 5.52 Å². The van der Waals surface area contributed by atoms with Gasteiger partial charge in [0, 0.05) is 10.9 Å². The molecule has 2 aromatic carbocycles. The molecule has 4 rings (SSSR count). The number of rotatable bonds is 5. The van der Waals surface area contributed by atoms with Crippen LogP contribution in [0.3, 0.4) is 0 Å². The average molecular weight is 470 g/mol. The van der Waals surface area contributed by atoms with E-state index in [4.69, 9.17) is 9.81 Å². The molecule has 0 radical (unpaired) electrons. The number of carbonyl (C=O) groups is 1. The predicted molar refractivity (Wildman–Crippen MR) is 105 cm³/mol. The van der Waals surface area contributed by atoms with Crippen molar-refractivity contribution in [1.82, 2.24) is 4.98 Å². The van der Waals surface area contributed by atoms with Gasteiger partial charge in [0.1, 0.15) is 11.4 Å². The summed E-state index contributed by atoms with van der Waals surface area (Å²) in [4.78, 5) is 18.9. The monoisotopic (exact) mass is 470 g/mol. The maximum Gasteiger partial charge on any atom is 0.294 e. The van der Waals surface area contributed by atoms with Crippen molar-refractivity contribution < 1.29 is 40.9 Å². The first-order valence-corrected chi connectivity index (χ1v) is 12.1. The molecule has 0 unspecified atom stereocenters. The fourth-order valence-electron chi connectivity index (χ4n) is 2.99. The summed E-state index contributed by atoms with van der Waals surface area (Å²) < 4.78 is 59.4. The summed E-state index contributed by atoms with van der Waals surface area (Å²) in [5, 5.41) is 19.0. The van der Waals surface area contributed by atoms with Gasteiger partial charge in [-0.05, 0) is 36.4 Å². The summed E-state index contributed by atoms with van der Waals surface area (Å²) in [6.07, 6.45) is 0. The van der Waals surface area contributed by atoms with E-state index in [-0.39, 0.29) is 44.0 Å². The van der Waals surface area contributed by atoms with Gasteiger partial charge in [0.2, 0.25) is 5.78 Å². The van der Waals surface area contributed by atoms with Gasteiger partial charge in [-0.3, -0.25) is 9.35 Å². The Labute approximate surface area is 172 Å². The normalized spacial score (nSPS) is 14.2. The minimum Gasteiger partial charge on any atom is -0.505 e. The SMILES string of the molecule is O=C1C(c2[nH]c3ccc(S(=O)(=O)SOO)cc3c2O)=Nc2ccc(S(=O)(=O)O)cc21. The van der Waals surface area contributed by atoms with Crippen LogP contribution in [0.1, 0.15) is 16.1 Å². The van der Waals surface area contributed by atoms with E-state index in [1.807, 2.05) is 0 Å². The van der Waals surface area contributed by atoms with Gasteiger partial charge in [0.15, 0.2) is 16.8 Å². The van der Waals surface area contributed by atoms with Crippen molar-refractivity contribution in [3.8, 4) is 5.75 Å². The molecule has 156 valence electrons. The van der Waals surface area contributed by atoms with Gasteiger partial charge in [0.05, 0.1) is 21.0 Å². The maximum atomic E-state index is 12.7. The molecule has 0 saturated heterocycles. The third kappa shape index (κ3) is 3.28. The number of hydrogen-bond acceptors (Lipinski definition) is 10. The Hall–Kier alpha value is -2.75. The molecule has 2 heterocycles. The predicted octanol–water partition coefficient (Wildman–Crippen LogP) is 2.26. The number of Topliss-reactive ketones (excluding diaryl/α,β-unsaturated/α-hetero) is 1. The van der Waals surface area contributed by atoms with Gasteiger partial charge in [0.25, 0.3) is 19.0 Å². The molecule has 0 aliphatic carbocycles. The number of aromatic amines is 1. The molecule has 14 heteroatoms. The minimum absolute atomic E-state index is 0.0645. The number of aromatic nitrogens is 1. The van der Waals surface area contributed by atoms with E-state index in [0.717, 1.165) is 18.2 Å². The highest BCUT2D eigenvalue weighted by atomic mass is 33.1. The van der Waals surface area contributed by atoms with Crippen LogP contribution in [0.5, 0.6) is 5.75 Å². The summed E-state index contributed by atoms with van der Waals surface area (Å²) in [7, 11) is -8.59. The largest absolute Gasteiger partial charge is 0.505 e. The zero-order chi connectivity index (χ0) is 21.8. The van der Waals surface area contributed by atoms with E-state index in [2.05, 4.69) is 14.3 Å². The number of nitrogens with zero attached hydrogens (tertiary/aromatic N) is 1. The van der Waals surface area contributed by atoms with Crippen molar-refractivity contribution >= 4 is 58.1 Å². The number of ketones is 1. The highest BCUT2D eigenvalue weighted by Crippen LogP contribution is 2.37. The molecule has 1 aliphatic rings. The summed E-state index contributed by atoms with van der Waals surface area (Å²) in [5.74, 6) is -1.15. The summed E-state index contributed by atoms with van der Waals surface area (Å²) in [6.45, 7) is 0. The summed E-state index contributed by atoms with van der Waals surface area (Å²) >= 11 is -0.183. The van der Waals surface area contributed by atoms with Gasteiger partial charge in [-0.1, -0.05) is 0 Å². The third-order valence-corrected chi connectivity index (χ3v) is 7.56. The Balaban J connectivity index is 1.81. The van der Waals surface area contributed by atoms with Crippen molar-refractivity contribution in [3.05, 3.63) is 47.7 Å². The molecular formula is C16H10N2O9S3. The first-order chi connectivity index (χ1) is 14.0. The third-order valence-electron chi connectivity index (χ3n) is 4.35. The second-order valence-electron chi connectivity index (χ2n) is 6.10. The molecule has 0 amide bonds. The van der Waals surface area contributed by atoms with Gasteiger partial charge in [-0.15, -0.1) is 4.33 Å². The van der Waals surface area contributed by atoms with E-state index in [1.54, 1.807) is 0 Å². The Morgan fingerprint density at radius 2 is 1.73 bits per heavy atom. The van der Waals surface area contributed by atoms with E-state index >= 15 is 0 Å². The number of aliphatic imine (C=N–C) groups is 1. The molecule has 1 aliphatic heterocycles. The standard InChI is InChI=1S/C16H10N2O9S3/c19-15-9-5-7(29(22,23)24)1-3-11(9)17-13(15)14-16(20)10-6-8(2-4-12(10)18-14)30(25,26)28-27-21/h1-6,18,20-21H,(H,22,23,24). The van der Waals surface area contributed by atoms with E-state index in [1.165, 1.54) is 18.2 Å². The second kappa shape index (κ2) is 6.90. The quantitative estimate of drug-likeness (QED) is 0.142. The van der Waals surface area contributed by atoms with Crippen LogP contribution in [-0.2, 0) is 23.3 Å². The van der Waals surface area contributed by atoms with Crippen LogP contribution < -0.4 is 0 Å². The van der Waals surface area contributed by atoms with Crippen LogP contribution in [0.25, 0.3) is 10.9 Å². The lowest BCUT2D eigenvalue weighted by molar-refractivity contribution is -0.114. The van der Waals surface area contributed by atoms with Crippen LogP contribution >= 0.6 is 11.1 Å². The molecule has 0 atom stereocenters. The lowest BCUT2D eigenvalue weighted by atomic mass is 10.1. The lowest BCUT2D eigenvalue weighted by Crippen LogP contribution is -2.12. The molecule has 0 bridgehead atoms. The number of H-pyrrole nitrogens is 1. The van der Waals surface area contributed by atoms with Crippen molar-refractivity contribution in [2.24, 2.45) is 4.99 Å². The molecule has 11 nitrogen and oxygen atoms in total. The van der Waals surface area contributed by atoms with Gasteiger partial charge in [-0.2, -0.15) is 8.42 Å². The topological polar surface area (TPSA) is 183 Å². The number of carbonyl (C=O) groups excluding carboxylic acids is 1. The van der Waals surface area contributed by atoms with E-state index < -0.39 is 35.4 Å². The van der Waals surface area contributed by atoms with Gasteiger partial charge >= 0.3 is 0 Å².